The molecule has 7 unspecified atom stereocenters. The van der Waals surface area contributed by atoms with Crippen LogP contribution in [-0.2, 0) is 25.8 Å². The molecule has 119 heavy (non-hydrogen) atoms. The summed E-state index contributed by atoms with van der Waals surface area (Å²) in [7, 11) is 0. The van der Waals surface area contributed by atoms with Crippen molar-refractivity contribution in [1.82, 2.24) is 29.4 Å². The van der Waals surface area contributed by atoms with Gasteiger partial charge in [-0.05, 0) is 385 Å². The molecule has 8 aliphatic rings. The highest BCUT2D eigenvalue weighted by atomic mass is 15.3. The summed E-state index contributed by atoms with van der Waals surface area (Å²) < 4.78 is 0. The molecule has 0 bridgehead atoms. The van der Waals surface area contributed by atoms with Gasteiger partial charge in [-0.25, -0.2) is 0 Å². The zero-order valence-corrected chi connectivity index (χ0v) is 88.5. The molecule has 8 nitrogen and oxygen atoms in total. The number of rotatable bonds is 2. The van der Waals surface area contributed by atoms with Gasteiger partial charge in [0.2, 0.25) is 0 Å². The quantitative estimate of drug-likeness (QED) is 0.250. The molecule has 8 aliphatic heterocycles. The standard InChI is InChI=1S/2C17H27N.C16H25N.2C13H27N.2C12H25N.C11H23N/c1-16(2,3)15-11-13-9-7-8-10-14(13)12-18(15)17(4,5)6;1-16(2,3)15-12-11-13-9-7-8-10-14(13)18(15)17(4,5)6;1-15(2,3)14-11-12-9-7-8-10-13(12)17(14)16(4,5)6;1-12(2,3)11-8-7-9-14(10-11)13(4,5)6;1-12(2,3)11-9-7-8-10-14(11)13(4,5)6;1-11(2,3)10-8-7-9-13(10)12(4,5)6;1-10(2)11-6-8-13(9-7-11)12(3,4)5;1-9(2)10-6-7-12(8-10)11(3,4)5/h2*7-10,15H,11-12H2,1-6H3;7-10,14H,11H2,1-6H3;2*11H,7-10H2,1-6H3;10H,7-9H2,1-6H3;10-11H,6-9H2,1-5H3;9-10H,6-8H2,1-5H3. The van der Waals surface area contributed by atoms with Crippen LogP contribution in [0.25, 0.3) is 0 Å². The molecule has 3 aromatic rings. The Labute approximate surface area is 745 Å². The molecule has 7 atom stereocenters. The number of nitrogens with zero attached hydrogens (tertiary/aromatic N) is 8. The van der Waals surface area contributed by atoms with E-state index in [9.17, 15) is 0 Å². The molecule has 11 rings (SSSR count). The summed E-state index contributed by atoms with van der Waals surface area (Å²) >= 11 is 0. The molecule has 0 saturated carbocycles. The molecule has 3 aromatic carbocycles. The summed E-state index contributed by atoms with van der Waals surface area (Å²) in [5, 5.41) is 0. The largest absolute Gasteiger partial charge is 0.363 e. The van der Waals surface area contributed by atoms with Gasteiger partial charge in [-0.2, -0.15) is 0 Å². The van der Waals surface area contributed by atoms with E-state index in [4.69, 9.17) is 0 Å². The van der Waals surface area contributed by atoms with E-state index in [1.54, 1.807) is 0 Å². The lowest BCUT2D eigenvalue weighted by molar-refractivity contribution is -0.00414. The minimum Gasteiger partial charge on any atom is -0.363 e. The summed E-state index contributed by atoms with van der Waals surface area (Å²) in [5.74, 6) is 4.51. The van der Waals surface area contributed by atoms with Crippen LogP contribution in [0.15, 0.2) is 72.8 Å². The predicted molar refractivity (Wildman–Crippen MR) is 534 cm³/mol. The fourth-order valence-electron chi connectivity index (χ4n) is 20.7. The molecule has 0 radical (unpaired) electrons. The van der Waals surface area contributed by atoms with Crippen LogP contribution in [-0.4, -0.2) is 156 Å². The van der Waals surface area contributed by atoms with Gasteiger partial charge in [0.05, 0.1) is 0 Å². The third-order valence-corrected chi connectivity index (χ3v) is 28.4. The van der Waals surface area contributed by atoms with Gasteiger partial charge >= 0.3 is 0 Å². The Morgan fingerprint density at radius 1 is 0.252 bits per heavy atom. The number of piperidine rings is 3. The van der Waals surface area contributed by atoms with Crippen LogP contribution in [0, 0.1) is 62.1 Å². The number of benzene rings is 3. The molecule has 690 valence electrons. The molecular formula is C111H206N8. The van der Waals surface area contributed by atoms with Crippen molar-refractivity contribution in [3.05, 3.63) is 95.1 Å². The van der Waals surface area contributed by atoms with E-state index in [0.717, 1.165) is 48.2 Å². The van der Waals surface area contributed by atoms with Crippen molar-refractivity contribution in [1.29, 1.82) is 0 Å². The molecule has 0 spiro atoms. The Hall–Kier alpha value is -2.98. The number of aryl methyl sites for hydroxylation is 1. The second-order valence-corrected chi connectivity index (χ2v) is 53.6. The molecule has 0 aliphatic carbocycles. The van der Waals surface area contributed by atoms with Crippen molar-refractivity contribution in [3.8, 4) is 0 Å². The predicted octanol–water partition coefficient (Wildman–Crippen LogP) is 29.6. The van der Waals surface area contributed by atoms with Crippen LogP contribution in [0.3, 0.4) is 0 Å². The molecule has 0 aromatic heterocycles. The third-order valence-electron chi connectivity index (χ3n) is 28.4. The number of para-hydroxylation sites is 2. The molecular weight excluding hydrogens is 1450 g/mol. The van der Waals surface area contributed by atoms with Crippen molar-refractivity contribution in [2.45, 2.75) is 489 Å². The summed E-state index contributed by atoms with van der Waals surface area (Å²) in [6.07, 6.45) is 18.7. The van der Waals surface area contributed by atoms with Crippen LogP contribution in [0.1, 0.15) is 411 Å². The van der Waals surface area contributed by atoms with Crippen molar-refractivity contribution in [2.75, 3.05) is 62.2 Å². The maximum atomic E-state index is 2.70. The summed E-state index contributed by atoms with van der Waals surface area (Å²) in [4.78, 5) is 21.2. The lowest BCUT2D eigenvalue weighted by atomic mass is 9.75. The van der Waals surface area contributed by atoms with Crippen LogP contribution in [0.2, 0.25) is 0 Å². The molecule has 8 heterocycles. The number of fused-ring (bicyclic) bond motifs is 3. The topological polar surface area (TPSA) is 25.9 Å². The molecule has 0 N–H and O–H groups in total. The highest BCUT2D eigenvalue weighted by Gasteiger charge is 2.46. The summed E-state index contributed by atoms with van der Waals surface area (Å²) in [5.41, 5.74) is 13.6. The maximum Gasteiger partial charge on any atom is 0.0406 e. The molecule has 8 heteroatoms. The second-order valence-electron chi connectivity index (χ2n) is 53.6. The number of hydrogen-bond acceptors (Lipinski definition) is 8. The molecule has 0 amide bonds. The van der Waals surface area contributed by atoms with Gasteiger partial charge in [0.1, 0.15) is 0 Å². The second kappa shape index (κ2) is 42.3. The first-order valence-corrected chi connectivity index (χ1v) is 49.0. The SMILES string of the molecule is CC(C)(C)C1CCCCN1C(C)(C)C.CC(C)(C)C1CCCN(C(C)(C)C)C1.CC(C)(C)C1CCCN1C(C)(C)C.CC(C)(C)C1CCc2ccccc2N1C(C)(C)C.CC(C)(C)C1Cc2ccccc2CN1C(C)(C)C.CC(C)(C)C1Cc2ccccc2N1C(C)(C)C.CC(C)C1CCN(C(C)(C)C)C1.CC(C)C1CCN(C(C)(C)C)CC1. The van der Waals surface area contributed by atoms with Gasteiger partial charge in [-0.15, -0.1) is 0 Å². The lowest BCUT2D eigenvalue weighted by Gasteiger charge is -2.52. The van der Waals surface area contributed by atoms with E-state index < -0.39 is 0 Å². The Morgan fingerprint density at radius 2 is 0.597 bits per heavy atom. The van der Waals surface area contributed by atoms with Crippen LogP contribution >= 0.6 is 0 Å². The van der Waals surface area contributed by atoms with Crippen molar-refractivity contribution < 1.29 is 0 Å². The highest BCUT2D eigenvalue weighted by molar-refractivity contribution is 5.62. The Kier molecular flexibility index (Phi) is 38.5. The van der Waals surface area contributed by atoms with Gasteiger partial charge in [-0.1, -0.05) is 219 Å². The minimum absolute atomic E-state index is 0.175. The van der Waals surface area contributed by atoms with Crippen LogP contribution in [0.4, 0.5) is 11.4 Å². The summed E-state index contributed by atoms with van der Waals surface area (Å²) in [6, 6.07) is 30.1. The van der Waals surface area contributed by atoms with E-state index in [0.29, 0.717) is 78.3 Å². The normalized spacial score (nSPS) is 23.7. The van der Waals surface area contributed by atoms with Gasteiger partial charge in [0.25, 0.3) is 0 Å². The highest BCUT2D eigenvalue weighted by Crippen LogP contribution is 2.47. The van der Waals surface area contributed by atoms with Gasteiger partial charge < -0.3 is 9.80 Å². The maximum absolute atomic E-state index is 2.70. The van der Waals surface area contributed by atoms with Crippen LogP contribution < -0.4 is 9.80 Å². The smallest absolute Gasteiger partial charge is 0.0406 e. The van der Waals surface area contributed by atoms with Crippen LogP contribution in [0.5, 0.6) is 0 Å². The van der Waals surface area contributed by atoms with E-state index in [1.165, 1.54) is 176 Å². The molecule has 5 saturated heterocycles. The van der Waals surface area contributed by atoms with Gasteiger partial charge in [-0.3, -0.25) is 29.4 Å². The van der Waals surface area contributed by atoms with Crippen molar-refractivity contribution >= 4 is 11.4 Å². The Balaban J connectivity index is 0.000000287. The number of likely N-dealkylation sites (tertiary alicyclic amines) is 5. The Morgan fingerprint density at radius 3 is 0.975 bits per heavy atom. The van der Waals surface area contributed by atoms with Gasteiger partial charge in [0, 0.05) is 106 Å². The van der Waals surface area contributed by atoms with Crippen molar-refractivity contribution in [3.63, 3.8) is 0 Å². The fraction of sp³-hybridized carbons (Fsp3) is 0.838. The molecule has 5 fully saturated rings. The summed E-state index contributed by atoms with van der Waals surface area (Å²) in [6.45, 7) is 119. The fourth-order valence-corrected chi connectivity index (χ4v) is 20.7. The lowest BCUT2D eigenvalue weighted by Crippen LogP contribution is -2.55. The van der Waals surface area contributed by atoms with E-state index in [-0.39, 0.29) is 16.6 Å². The third kappa shape index (κ3) is 33.6. The van der Waals surface area contributed by atoms with Crippen molar-refractivity contribution in [2.24, 2.45) is 62.1 Å². The van der Waals surface area contributed by atoms with E-state index >= 15 is 0 Å². The first-order chi connectivity index (χ1) is 53.6. The average molecular weight is 1650 g/mol. The van der Waals surface area contributed by atoms with E-state index in [1.807, 2.05) is 0 Å². The first-order valence-electron chi connectivity index (χ1n) is 49.0. The number of anilines is 2. The van der Waals surface area contributed by atoms with Gasteiger partial charge in [0.15, 0.2) is 0 Å². The monoisotopic (exact) mass is 1650 g/mol. The van der Waals surface area contributed by atoms with E-state index in [2.05, 4.69) is 430 Å². The first kappa shape index (κ1) is 108. The Bertz CT molecular complexity index is 3270. The number of hydrogen-bond donors (Lipinski definition) is 0. The zero-order chi connectivity index (χ0) is 91.6. The average Bonchev–Trinajstić information content (AvgIpc) is 1.66. The minimum atomic E-state index is 0.175. The zero-order valence-electron chi connectivity index (χ0n) is 88.5.